The Morgan fingerprint density at radius 1 is 1.47 bits per heavy atom. The average Bonchev–Trinajstić information content (AvgIpc) is 2.86. The number of aromatic nitrogens is 3. The van der Waals surface area contributed by atoms with Crippen LogP contribution in [0.25, 0.3) is 11.4 Å². The highest BCUT2D eigenvalue weighted by Crippen LogP contribution is 2.24. The zero-order valence-corrected chi connectivity index (χ0v) is 11.2. The normalized spacial score (nSPS) is 12.2. The fraction of sp³-hybridized carbons (Fsp3) is 0.250. The van der Waals surface area contributed by atoms with Crippen LogP contribution in [0.15, 0.2) is 29.4 Å². The summed E-state index contributed by atoms with van der Waals surface area (Å²) in [5, 5.41) is 6.54. The number of esters is 1. The van der Waals surface area contributed by atoms with E-state index in [0.29, 0.717) is 16.5 Å². The molecule has 1 heterocycles. The highest BCUT2D eigenvalue weighted by Gasteiger charge is 2.18. The Balaban J connectivity index is 2.16. The molecule has 0 saturated heterocycles. The maximum Gasteiger partial charge on any atom is 0.318 e. The second-order valence-corrected chi connectivity index (χ2v) is 5.04. The van der Waals surface area contributed by atoms with E-state index in [1.807, 2.05) is 0 Å². The zero-order valence-electron chi connectivity index (χ0n) is 10.4. The van der Waals surface area contributed by atoms with Gasteiger partial charge < -0.3 is 4.74 Å². The van der Waals surface area contributed by atoms with Gasteiger partial charge in [0.25, 0.3) is 0 Å². The van der Waals surface area contributed by atoms with Crippen LogP contribution in [0.2, 0.25) is 0 Å². The van der Waals surface area contributed by atoms with E-state index in [9.17, 15) is 9.18 Å². The first-order valence-corrected chi connectivity index (χ1v) is 6.41. The van der Waals surface area contributed by atoms with Gasteiger partial charge in [0.2, 0.25) is 5.16 Å². The fourth-order valence-corrected chi connectivity index (χ4v) is 2.20. The van der Waals surface area contributed by atoms with Gasteiger partial charge in [0, 0.05) is 0 Å². The minimum Gasteiger partial charge on any atom is -0.468 e. The van der Waals surface area contributed by atoms with Crippen molar-refractivity contribution in [3.05, 3.63) is 30.1 Å². The maximum absolute atomic E-state index is 13.6. The predicted molar refractivity (Wildman–Crippen MR) is 69.1 cm³/mol. The molecule has 7 heteroatoms. The van der Waals surface area contributed by atoms with E-state index in [2.05, 4.69) is 19.9 Å². The molecule has 0 amide bonds. The summed E-state index contributed by atoms with van der Waals surface area (Å²) in [5.74, 6) is -0.406. The van der Waals surface area contributed by atoms with Crippen molar-refractivity contribution < 1.29 is 13.9 Å². The van der Waals surface area contributed by atoms with Crippen molar-refractivity contribution in [3.63, 3.8) is 0 Å². The lowest BCUT2D eigenvalue weighted by molar-refractivity contribution is -0.139. The number of ether oxygens (including phenoxy) is 1. The highest BCUT2D eigenvalue weighted by atomic mass is 32.2. The Morgan fingerprint density at radius 3 is 2.89 bits per heavy atom. The lowest BCUT2D eigenvalue weighted by Crippen LogP contribution is -2.14. The van der Waals surface area contributed by atoms with Gasteiger partial charge in [-0.15, -0.1) is 5.10 Å². The van der Waals surface area contributed by atoms with Crippen molar-refractivity contribution >= 4 is 17.7 Å². The van der Waals surface area contributed by atoms with Crippen LogP contribution in [-0.4, -0.2) is 33.5 Å². The van der Waals surface area contributed by atoms with E-state index in [1.165, 1.54) is 13.2 Å². The lowest BCUT2D eigenvalue weighted by Gasteiger charge is -2.04. The molecule has 5 nitrogen and oxygen atoms in total. The van der Waals surface area contributed by atoms with Crippen LogP contribution in [0.1, 0.15) is 6.92 Å². The number of carbonyl (C=O) groups is 1. The molecule has 0 aliphatic heterocycles. The third kappa shape index (κ3) is 3.11. The number of carbonyl (C=O) groups excluding carboxylic acids is 1. The van der Waals surface area contributed by atoms with E-state index in [1.54, 1.807) is 25.1 Å². The molecule has 1 aromatic heterocycles. The molecule has 0 radical (unpaired) electrons. The number of rotatable bonds is 4. The first-order valence-electron chi connectivity index (χ1n) is 5.53. The Kier molecular flexibility index (Phi) is 4.16. The molecule has 0 aliphatic carbocycles. The number of H-pyrrole nitrogens is 1. The van der Waals surface area contributed by atoms with Gasteiger partial charge in [-0.2, -0.15) is 0 Å². The van der Waals surface area contributed by atoms with Crippen LogP contribution in [0.5, 0.6) is 0 Å². The Morgan fingerprint density at radius 2 is 2.21 bits per heavy atom. The van der Waals surface area contributed by atoms with Gasteiger partial charge in [-0.05, 0) is 19.1 Å². The van der Waals surface area contributed by atoms with Crippen LogP contribution >= 0.6 is 11.8 Å². The lowest BCUT2D eigenvalue weighted by atomic mass is 10.2. The van der Waals surface area contributed by atoms with E-state index >= 15 is 0 Å². The van der Waals surface area contributed by atoms with Crippen LogP contribution in [0, 0.1) is 5.82 Å². The predicted octanol–water partition coefficient (Wildman–Crippen LogP) is 2.26. The summed E-state index contributed by atoms with van der Waals surface area (Å²) in [6.45, 7) is 1.69. The van der Waals surface area contributed by atoms with Gasteiger partial charge in [0.15, 0.2) is 5.82 Å². The van der Waals surface area contributed by atoms with Crippen LogP contribution in [0.4, 0.5) is 4.39 Å². The number of hydrogen-bond acceptors (Lipinski definition) is 5. The molecule has 2 rings (SSSR count). The van der Waals surface area contributed by atoms with Gasteiger partial charge in [0.1, 0.15) is 11.1 Å². The Bertz CT molecular complexity index is 588. The molecular weight excluding hydrogens is 269 g/mol. The number of hydrogen-bond donors (Lipinski definition) is 1. The second kappa shape index (κ2) is 5.83. The third-order valence-electron chi connectivity index (χ3n) is 2.41. The highest BCUT2D eigenvalue weighted by molar-refractivity contribution is 8.00. The fourth-order valence-electron chi connectivity index (χ4n) is 1.45. The molecule has 0 saturated carbocycles. The summed E-state index contributed by atoms with van der Waals surface area (Å²) in [5.41, 5.74) is 0.340. The van der Waals surface area contributed by atoms with Crippen molar-refractivity contribution in [1.29, 1.82) is 0 Å². The van der Waals surface area contributed by atoms with Gasteiger partial charge in [-0.3, -0.25) is 9.89 Å². The quantitative estimate of drug-likeness (QED) is 0.687. The maximum atomic E-state index is 13.6. The number of aromatic amines is 1. The van der Waals surface area contributed by atoms with Crippen molar-refractivity contribution in [2.24, 2.45) is 0 Å². The summed E-state index contributed by atoms with van der Waals surface area (Å²) in [4.78, 5) is 15.4. The van der Waals surface area contributed by atoms with Crippen molar-refractivity contribution in [2.45, 2.75) is 17.3 Å². The van der Waals surface area contributed by atoms with Crippen LogP contribution in [0.3, 0.4) is 0 Å². The smallest absolute Gasteiger partial charge is 0.318 e. The van der Waals surface area contributed by atoms with Gasteiger partial charge in [-0.1, -0.05) is 23.9 Å². The van der Waals surface area contributed by atoms with Crippen LogP contribution < -0.4 is 0 Å². The number of thioether (sulfide) groups is 1. The monoisotopic (exact) mass is 281 g/mol. The summed E-state index contributed by atoms with van der Waals surface area (Å²) in [6, 6.07) is 6.27. The summed E-state index contributed by atoms with van der Waals surface area (Å²) in [7, 11) is 1.32. The average molecular weight is 281 g/mol. The standard InChI is InChI=1S/C12H12FN3O2S/c1-7(11(17)18-2)19-12-14-10(15-16-12)8-5-3-4-6-9(8)13/h3-7H,1-2H3,(H,14,15,16). The second-order valence-electron chi connectivity index (χ2n) is 3.73. The van der Waals surface area contributed by atoms with Crippen molar-refractivity contribution in [1.82, 2.24) is 15.2 Å². The Hall–Kier alpha value is -1.89. The van der Waals surface area contributed by atoms with E-state index in [0.717, 1.165) is 11.8 Å². The van der Waals surface area contributed by atoms with Gasteiger partial charge in [0.05, 0.1) is 12.7 Å². The van der Waals surface area contributed by atoms with Crippen molar-refractivity contribution in [3.8, 4) is 11.4 Å². The number of halogens is 1. The molecule has 0 spiro atoms. The molecule has 1 unspecified atom stereocenters. The minimum atomic E-state index is -0.422. The molecule has 19 heavy (non-hydrogen) atoms. The molecular formula is C12H12FN3O2S. The number of nitrogens with one attached hydrogen (secondary N) is 1. The molecule has 1 N–H and O–H groups in total. The summed E-state index contributed by atoms with van der Waals surface area (Å²) < 4.78 is 18.2. The molecule has 2 aromatic rings. The first-order chi connectivity index (χ1) is 9.11. The minimum absolute atomic E-state index is 0.331. The number of methoxy groups -OCH3 is 1. The zero-order chi connectivity index (χ0) is 13.8. The van der Waals surface area contributed by atoms with E-state index in [4.69, 9.17) is 0 Å². The van der Waals surface area contributed by atoms with Gasteiger partial charge >= 0.3 is 5.97 Å². The Labute approximate surface area is 113 Å². The molecule has 0 fully saturated rings. The van der Waals surface area contributed by atoms with E-state index in [-0.39, 0.29) is 11.8 Å². The van der Waals surface area contributed by atoms with E-state index < -0.39 is 5.25 Å². The molecule has 100 valence electrons. The first kappa shape index (κ1) is 13.5. The molecule has 0 aliphatic rings. The van der Waals surface area contributed by atoms with Gasteiger partial charge in [-0.25, -0.2) is 9.37 Å². The molecule has 1 atom stereocenters. The molecule has 1 aromatic carbocycles. The summed E-state index contributed by atoms with van der Waals surface area (Å²) in [6.07, 6.45) is 0. The number of benzene rings is 1. The number of nitrogens with zero attached hydrogens (tertiary/aromatic N) is 2. The third-order valence-corrected chi connectivity index (χ3v) is 3.35. The largest absolute Gasteiger partial charge is 0.468 e. The SMILES string of the molecule is COC(=O)C(C)Sc1n[nH]c(-c2ccccc2F)n1. The topological polar surface area (TPSA) is 67.9 Å². The summed E-state index contributed by atoms with van der Waals surface area (Å²) >= 11 is 1.15. The molecule has 0 bridgehead atoms. The van der Waals surface area contributed by atoms with Crippen molar-refractivity contribution in [2.75, 3.05) is 7.11 Å². The van der Waals surface area contributed by atoms with Crippen LogP contribution in [-0.2, 0) is 9.53 Å².